The Morgan fingerprint density at radius 2 is 1.50 bits per heavy atom. The molecule has 3 nitrogen and oxygen atoms in total. The highest BCUT2D eigenvalue weighted by molar-refractivity contribution is 6.77. The Hall–Kier alpha value is 0.0969. The summed E-state index contributed by atoms with van der Waals surface area (Å²) in [4.78, 5) is 0. The van der Waals surface area contributed by atoms with Gasteiger partial charge in [0.05, 0.1) is 13.2 Å². The number of rotatable bonds is 6. The van der Waals surface area contributed by atoms with Crippen molar-refractivity contribution in [1.82, 2.24) is 0 Å². The zero-order chi connectivity index (χ0) is 18.2. The maximum absolute atomic E-state index is 6.99. The van der Waals surface area contributed by atoms with Gasteiger partial charge in [0, 0.05) is 18.4 Å². The maximum atomic E-state index is 6.99. The van der Waals surface area contributed by atoms with E-state index in [0.29, 0.717) is 22.5 Å². The summed E-state index contributed by atoms with van der Waals surface area (Å²) < 4.78 is 19.4. The molecule has 0 aromatic heterocycles. The number of hydrogen-bond donors (Lipinski definition) is 0. The molecule has 0 N–H and O–H groups in total. The molecule has 1 aliphatic carbocycles. The topological polar surface area (TPSA) is 27.7 Å². The lowest BCUT2D eigenvalue weighted by Crippen LogP contribution is -2.59. The first-order valence-electron chi connectivity index (χ1n) is 10.0. The van der Waals surface area contributed by atoms with Crippen LogP contribution in [-0.4, -0.2) is 33.9 Å². The Morgan fingerprint density at radius 3 is 1.96 bits per heavy atom. The summed E-state index contributed by atoms with van der Waals surface area (Å²) in [5.41, 5.74) is 1.78. The van der Waals surface area contributed by atoms with Crippen molar-refractivity contribution >= 4 is 8.32 Å². The lowest BCUT2D eigenvalue weighted by Gasteiger charge is -2.53. The third kappa shape index (κ3) is 3.13. The molecule has 2 aliphatic rings. The Morgan fingerprint density at radius 1 is 1.00 bits per heavy atom. The van der Waals surface area contributed by atoms with E-state index in [0.717, 1.165) is 26.2 Å². The average molecular weight is 357 g/mol. The highest BCUT2D eigenvalue weighted by Crippen LogP contribution is 2.54. The molecule has 0 unspecified atom stereocenters. The molecule has 1 spiro atoms. The van der Waals surface area contributed by atoms with Crippen LogP contribution in [0.1, 0.15) is 74.7 Å². The quantitative estimate of drug-likeness (QED) is 0.567. The van der Waals surface area contributed by atoms with Crippen molar-refractivity contribution in [3.63, 3.8) is 0 Å². The van der Waals surface area contributed by atoms with Crippen LogP contribution >= 0.6 is 0 Å². The molecule has 4 heteroatoms. The van der Waals surface area contributed by atoms with Crippen LogP contribution in [0.3, 0.4) is 0 Å². The van der Waals surface area contributed by atoms with Crippen molar-refractivity contribution in [2.45, 2.75) is 97.1 Å². The van der Waals surface area contributed by atoms with Crippen molar-refractivity contribution in [3.8, 4) is 0 Å². The minimum Gasteiger partial charge on any atom is -0.415 e. The van der Waals surface area contributed by atoms with E-state index in [1.165, 1.54) is 12.8 Å². The van der Waals surface area contributed by atoms with Crippen LogP contribution in [0.2, 0.25) is 16.6 Å². The van der Waals surface area contributed by atoms with Crippen LogP contribution in [0.4, 0.5) is 0 Å². The monoisotopic (exact) mass is 356 g/mol. The zero-order valence-corrected chi connectivity index (χ0v) is 18.3. The molecule has 1 aliphatic heterocycles. The predicted octanol–water partition coefficient (Wildman–Crippen LogP) is 5.75. The summed E-state index contributed by atoms with van der Waals surface area (Å²) in [6, 6.07) is 0. The molecule has 1 heterocycles. The SMILES string of the molecule is CC(C)[Si](OC[C@]1(C)[C@@H](C)CCCC12OCCO2)(C(C)C)C(C)C. The minimum absolute atomic E-state index is 0.0569. The van der Waals surface area contributed by atoms with Crippen molar-refractivity contribution in [2.24, 2.45) is 11.3 Å². The summed E-state index contributed by atoms with van der Waals surface area (Å²) >= 11 is 0. The van der Waals surface area contributed by atoms with E-state index in [4.69, 9.17) is 13.9 Å². The van der Waals surface area contributed by atoms with Gasteiger partial charge in [0.2, 0.25) is 0 Å². The van der Waals surface area contributed by atoms with Gasteiger partial charge in [-0.3, -0.25) is 0 Å². The summed E-state index contributed by atoms with van der Waals surface area (Å²) in [5.74, 6) is 0.137. The van der Waals surface area contributed by atoms with Gasteiger partial charge in [-0.05, 0) is 35.4 Å². The fourth-order valence-electron chi connectivity index (χ4n) is 5.58. The molecular formula is C20H40O3Si. The second-order valence-electron chi connectivity index (χ2n) is 9.27. The van der Waals surface area contributed by atoms with Gasteiger partial charge in [0.1, 0.15) is 0 Å². The molecule has 2 fully saturated rings. The second kappa shape index (κ2) is 7.38. The normalized spacial score (nSPS) is 30.9. The fourth-order valence-corrected chi connectivity index (χ4v) is 11.1. The predicted molar refractivity (Wildman–Crippen MR) is 103 cm³/mol. The molecule has 0 aromatic carbocycles. The molecule has 142 valence electrons. The van der Waals surface area contributed by atoms with Crippen molar-refractivity contribution < 1.29 is 13.9 Å². The first-order chi connectivity index (χ1) is 11.1. The molecule has 2 rings (SSSR count). The largest absolute Gasteiger partial charge is 0.415 e. The smallest absolute Gasteiger partial charge is 0.200 e. The summed E-state index contributed by atoms with van der Waals surface area (Å²) in [5, 5.41) is 0. The highest BCUT2D eigenvalue weighted by atomic mass is 28.4. The Bertz CT molecular complexity index is 393. The van der Waals surface area contributed by atoms with E-state index in [1.807, 2.05) is 0 Å². The van der Waals surface area contributed by atoms with Gasteiger partial charge >= 0.3 is 0 Å². The standard InChI is InChI=1S/C20H40O3Si/c1-15(2)24(16(3)4,17(5)6)23-14-19(8)18(7)10-9-11-20(19)21-12-13-22-20/h15-18H,9-14H2,1-8H3/t18-,19+/m0/s1. The number of hydrogen-bond acceptors (Lipinski definition) is 3. The molecule has 0 aromatic rings. The lowest BCUT2D eigenvalue weighted by molar-refractivity contribution is -0.273. The van der Waals surface area contributed by atoms with Gasteiger partial charge in [-0.2, -0.15) is 0 Å². The molecule has 24 heavy (non-hydrogen) atoms. The third-order valence-electron chi connectivity index (χ3n) is 7.18. The molecule has 0 amide bonds. The highest BCUT2D eigenvalue weighted by Gasteiger charge is 2.59. The van der Waals surface area contributed by atoms with Crippen molar-refractivity contribution in [3.05, 3.63) is 0 Å². The van der Waals surface area contributed by atoms with Gasteiger partial charge in [0.15, 0.2) is 14.1 Å². The third-order valence-corrected chi connectivity index (χ3v) is 13.2. The minimum atomic E-state index is -1.87. The molecule has 1 saturated heterocycles. The van der Waals surface area contributed by atoms with Gasteiger partial charge in [-0.15, -0.1) is 0 Å². The first-order valence-corrected chi connectivity index (χ1v) is 12.2. The van der Waals surface area contributed by atoms with E-state index in [2.05, 4.69) is 55.4 Å². The molecule has 1 saturated carbocycles. The first kappa shape index (κ1) is 20.4. The van der Waals surface area contributed by atoms with Gasteiger partial charge < -0.3 is 13.9 Å². The van der Waals surface area contributed by atoms with Crippen molar-refractivity contribution in [2.75, 3.05) is 19.8 Å². The molecule has 2 atom stereocenters. The van der Waals surface area contributed by atoms with Gasteiger partial charge in [-0.25, -0.2) is 0 Å². The van der Waals surface area contributed by atoms with Crippen LogP contribution < -0.4 is 0 Å². The summed E-state index contributed by atoms with van der Waals surface area (Å²) in [6.07, 6.45) is 3.45. The molecule has 0 radical (unpaired) electrons. The van der Waals surface area contributed by atoms with Crippen LogP contribution in [-0.2, 0) is 13.9 Å². The lowest BCUT2D eigenvalue weighted by atomic mass is 9.64. The van der Waals surface area contributed by atoms with E-state index >= 15 is 0 Å². The second-order valence-corrected chi connectivity index (χ2v) is 14.7. The van der Waals surface area contributed by atoms with Crippen LogP contribution in [0.25, 0.3) is 0 Å². The Balaban J connectivity index is 2.28. The van der Waals surface area contributed by atoms with E-state index < -0.39 is 14.1 Å². The summed E-state index contributed by atoms with van der Waals surface area (Å²) in [6.45, 7) is 21.1. The van der Waals surface area contributed by atoms with E-state index in [9.17, 15) is 0 Å². The Kier molecular flexibility index (Phi) is 6.27. The van der Waals surface area contributed by atoms with E-state index in [1.54, 1.807) is 0 Å². The van der Waals surface area contributed by atoms with Crippen LogP contribution in [0.15, 0.2) is 0 Å². The van der Waals surface area contributed by atoms with Crippen molar-refractivity contribution in [1.29, 1.82) is 0 Å². The van der Waals surface area contributed by atoms with Crippen LogP contribution in [0.5, 0.6) is 0 Å². The van der Waals surface area contributed by atoms with Gasteiger partial charge in [0.25, 0.3) is 0 Å². The molecule has 0 bridgehead atoms. The van der Waals surface area contributed by atoms with Gasteiger partial charge in [-0.1, -0.05) is 55.4 Å². The van der Waals surface area contributed by atoms with E-state index in [-0.39, 0.29) is 5.41 Å². The maximum Gasteiger partial charge on any atom is 0.200 e. The molecular weight excluding hydrogens is 316 g/mol. The van der Waals surface area contributed by atoms with Crippen LogP contribution in [0, 0.1) is 11.3 Å². The average Bonchev–Trinajstić information content (AvgIpc) is 2.95. The number of ether oxygens (including phenoxy) is 2. The summed E-state index contributed by atoms with van der Waals surface area (Å²) in [7, 11) is -1.87. The fraction of sp³-hybridized carbons (Fsp3) is 1.00. The Labute approximate surface area is 151 Å². The zero-order valence-electron chi connectivity index (χ0n) is 17.3.